The van der Waals surface area contributed by atoms with Gasteiger partial charge in [0.25, 0.3) is 5.56 Å². The molecular weight excluding hydrogens is 258 g/mol. The number of aromatic amines is 1. The second-order valence-electron chi connectivity index (χ2n) is 6.04. The Hall–Kier alpha value is -1.85. The minimum Gasteiger partial charge on any atom is -0.444 e. The summed E-state index contributed by atoms with van der Waals surface area (Å²) in [6.45, 7) is 8.29. The average molecular weight is 279 g/mol. The van der Waals surface area contributed by atoms with Crippen molar-refractivity contribution in [3.63, 3.8) is 0 Å². The summed E-state index contributed by atoms with van der Waals surface area (Å²) in [6.07, 6.45) is 0.759. The van der Waals surface area contributed by atoms with Gasteiger partial charge in [-0.25, -0.2) is 9.78 Å². The Kier molecular flexibility index (Phi) is 3.83. The maximum atomic E-state index is 12.1. The first kappa shape index (κ1) is 14.6. The summed E-state index contributed by atoms with van der Waals surface area (Å²) in [5, 5.41) is 0. The highest BCUT2D eigenvalue weighted by Gasteiger charge is 2.25. The van der Waals surface area contributed by atoms with E-state index in [1.165, 1.54) is 0 Å². The molecule has 6 nitrogen and oxygen atoms in total. The van der Waals surface area contributed by atoms with Crippen molar-refractivity contribution in [1.29, 1.82) is 0 Å². The van der Waals surface area contributed by atoms with Crippen LogP contribution in [0, 0.1) is 6.92 Å². The molecule has 0 fully saturated rings. The third-order valence-corrected chi connectivity index (χ3v) is 3.12. The predicted molar refractivity (Wildman–Crippen MR) is 74.8 cm³/mol. The first-order chi connectivity index (χ1) is 9.26. The maximum Gasteiger partial charge on any atom is 0.410 e. The first-order valence-electron chi connectivity index (χ1n) is 6.83. The van der Waals surface area contributed by atoms with Crippen LogP contribution in [0.4, 0.5) is 4.79 Å². The van der Waals surface area contributed by atoms with Gasteiger partial charge in [-0.2, -0.15) is 0 Å². The number of nitrogens with one attached hydrogen (secondary N) is 1. The normalized spacial score (nSPS) is 15.5. The van der Waals surface area contributed by atoms with Gasteiger partial charge < -0.3 is 14.6 Å². The van der Waals surface area contributed by atoms with E-state index in [9.17, 15) is 9.59 Å². The van der Waals surface area contributed by atoms with Crippen LogP contribution in [-0.4, -0.2) is 39.7 Å². The number of nitrogens with zero attached hydrogens (tertiary/aromatic N) is 2. The molecule has 0 unspecified atom stereocenters. The fraction of sp³-hybridized carbons (Fsp3) is 0.643. The molecule has 0 bridgehead atoms. The molecule has 0 radical (unpaired) electrons. The van der Waals surface area contributed by atoms with E-state index in [-0.39, 0.29) is 11.7 Å². The van der Waals surface area contributed by atoms with Crippen molar-refractivity contribution in [2.24, 2.45) is 0 Å². The number of ether oxygens (including phenoxy) is 1. The van der Waals surface area contributed by atoms with Crippen LogP contribution in [0.25, 0.3) is 0 Å². The highest BCUT2D eigenvalue weighted by Crippen LogP contribution is 2.14. The molecule has 1 aliphatic rings. The van der Waals surface area contributed by atoms with E-state index >= 15 is 0 Å². The van der Waals surface area contributed by atoms with Gasteiger partial charge in [0.15, 0.2) is 0 Å². The molecular formula is C14H21N3O3. The van der Waals surface area contributed by atoms with E-state index in [0.717, 1.165) is 5.69 Å². The van der Waals surface area contributed by atoms with Gasteiger partial charge in [-0.1, -0.05) is 0 Å². The average Bonchev–Trinajstić information content (AvgIpc) is 2.49. The Bertz CT molecular complexity index is 572. The van der Waals surface area contributed by atoms with Crippen molar-refractivity contribution in [1.82, 2.24) is 14.9 Å². The molecule has 0 atom stereocenters. The van der Waals surface area contributed by atoms with Crippen molar-refractivity contribution < 1.29 is 9.53 Å². The fourth-order valence-electron chi connectivity index (χ4n) is 2.24. The third kappa shape index (κ3) is 3.37. The topological polar surface area (TPSA) is 75.3 Å². The Balaban J connectivity index is 2.14. The molecule has 0 saturated carbocycles. The zero-order valence-electron chi connectivity index (χ0n) is 12.4. The second-order valence-corrected chi connectivity index (χ2v) is 6.04. The summed E-state index contributed by atoms with van der Waals surface area (Å²) in [4.78, 5) is 32.7. The van der Waals surface area contributed by atoms with Gasteiger partial charge in [0, 0.05) is 25.1 Å². The van der Waals surface area contributed by atoms with E-state index in [0.29, 0.717) is 37.3 Å². The fourth-order valence-corrected chi connectivity index (χ4v) is 2.24. The van der Waals surface area contributed by atoms with Crippen LogP contribution in [-0.2, 0) is 17.6 Å². The smallest absolute Gasteiger partial charge is 0.410 e. The summed E-state index contributed by atoms with van der Waals surface area (Å²) in [5.74, 6) is 0.611. The van der Waals surface area contributed by atoms with Gasteiger partial charge in [0.1, 0.15) is 11.4 Å². The van der Waals surface area contributed by atoms with Gasteiger partial charge in [0.2, 0.25) is 0 Å². The molecule has 1 aromatic heterocycles. The standard InChI is InChI=1S/C14H21N3O3/c1-9-15-11-6-8-17(13(19)20-14(2,3)4)7-5-10(11)12(18)16-9/h5-8H2,1-4H3,(H,15,16,18). The number of rotatable bonds is 0. The summed E-state index contributed by atoms with van der Waals surface area (Å²) in [7, 11) is 0. The van der Waals surface area contributed by atoms with Crippen LogP contribution in [0.5, 0.6) is 0 Å². The van der Waals surface area contributed by atoms with Crippen LogP contribution in [0.3, 0.4) is 0 Å². The van der Waals surface area contributed by atoms with Crippen LogP contribution in [0.1, 0.15) is 37.9 Å². The number of carbonyl (C=O) groups is 1. The molecule has 0 spiro atoms. The second kappa shape index (κ2) is 5.26. The van der Waals surface area contributed by atoms with Gasteiger partial charge in [-0.15, -0.1) is 0 Å². The molecule has 1 aromatic rings. The van der Waals surface area contributed by atoms with Gasteiger partial charge in [0.05, 0.1) is 5.69 Å². The Morgan fingerprint density at radius 1 is 1.30 bits per heavy atom. The molecule has 1 amide bonds. The molecule has 1 aliphatic heterocycles. The SMILES string of the molecule is Cc1nc2c(c(=O)[nH]1)CCN(C(=O)OC(C)(C)C)CC2. The van der Waals surface area contributed by atoms with E-state index in [2.05, 4.69) is 9.97 Å². The third-order valence-electron chi connectivity index (χ3n) is 3.12. The van der Waals surface area contributed by atoms with Gasteiger partial charge in [-0.3, -0.25) is 4.79 Å². The lowest BCUT2D eigenvalue weighted by atomic mass is 10.1. The van der Waals surface area contributed by atoms with Gasteiger partial charge in [-0.05, 0) is 34.1 Å². The number of aryl methyl sites for hydroxylation is 1. The van der Waals surface area contributed by atoms with Crippen molar-refractivity contribution in [3.05, 3.63) is 27.4 Å². The van der Waals surface area contributed by atoms with Crippen LogP contribution >= 0.6 is 0 Å². The lowest BCUT2D eigenvalue weighted by Crippen LogP contribution is -2.38. The van der Waals surface area contributed by atoms with Crippen molar-refractivity contribution in [3.8, 4) is 0 Å². The minimum absolute atomic E-state index is 0.0986. The summed E-state index contributed by atoms with van der Waals surface area (Å²) in [6, 6.07) is 0. The van der Waals surface area contributed by atoms with E-state index in [1.54, 1.807) is 11.8 Å². The molecule has 20 heavy (non-hydrogen) atoms. The number of fused-ring (bicyclic) bond motifs is 1. The quantitative estimate of drug-likeness (QED) is 0.779. The van der Waals surface area contributed by atoms with E-state index in [4.69, 9.17) is 4.74 Å². The van der Waals surface area contributed by atoms with Crippen molar-refractivity contribution in [2.75, 3.05) is 13.1 Å². The zero-order chi connectivity index (χ0) is 14.9. The lowest BCUT2D eigenvalue weighted by molar-refractivity contribution is 0.0258. The number of carbonyl (C=O) groups excluding carboxylic acids is 1. The van der Waals surface area contributed by atoms with Crippen molar-refractivity contribution >= 4 is 6.09 Å². The maximum absolute atomic E-state index is 12.1. The number of hydrogen-bond donors (Lipinski definition) is 1. The molecule has 110 valence electrons. The summed E-state index contributed by atoms with van der Waals surface area (Å²) < 4.78 is 5.37. The predicted octanol–water partition coefficient (Wildman–Crippen LogP) is 1.41. The number of hydrogen-bond acceptors (Lipinski definition) is 4. The minimum atomic E-state index is -0.511. The van der Waals surface area contributed by atoms with Gasteiger partial charge >= 0.3 is 6.09 Å². The number of aromatic nitrogens is 2. The highest BCUT2D eigenvalue weighted by atomic mass is 16.6. The van der Waals surface area contributed by atoms with Crippen molar-refractivity contribution in [2.45, 2.75) is 46.1 Å². The monoisotopic (exact) mass is 279 g/mol. The molecule has 0 saturated heterocycles. The van der Waals surface area contributed by atoms with Crippen LogP contribution < -0.4 is 5.56 Å². The Morgan fingerprint density at radius 3 is 2.60 bits per heavy atom. The molecule has 0 aliphatic carbocycles. The molecule has 2 heterocycles. The van der Waals surface area contributed by atoms with E-state index in [1.807, 2.05) is 20.8 Å². The number of H-pyrrole nitrogens is 1. The molecule has 1 N–H and O–H groups in total. The molecule has 6 heteroatoms. The molecule has 2 rings (SSSR count). The largest absolute Gasteiger partial charge is 0.444 e. The van der Waals surface area contributed by atoms with Crippen LogP contribution in [0.15, 0.2) is 4.79 Å². The Morgan fingerprint density at radius 2 is 1.95 bits per heavy atom. The molecule has 0 aromatic carbocycles. The lowest BCUT2D eigenvalue weighted by Gasteiger charge is -2.26. The zero-order valence-corrected chi connectivity index (χ0v) is 12.4. The first-order valence-corrected chi connectivity index (χ1v) is 6.83. The summed E-state index contributed by atoms with van der Waals surface area (Å²) >= 11 is 0. The number of amides is 1. The van der Waals surface area contributed by atoms with Crippen LogP contribution in [0.2, 0.25) is 0 Å². The van der Waals surface area contributed by atoms with E-state index < -0.39 is 5.60 Å². The summed E-state index contributed by atoms with van der Waals surface area (Å²) in [5.41, 5.74) is 0.861. The highest BCUT2D eigenvalue weighted by molar-refractivity contribution is 5.68. The Labute approximate surface area is 118 Å².